The molecule has 110 valence electrons. The van der Waals surface area contributed by atoms with Gasteiger partial charge in [-0.05, 0) is 44.5 Å². The maximum Gasteiger partial charge on any atom is 0.247 e. The third-order valence-corrected chi connectivity index (χ3v) is 3.25. The predicted molar refractivity (Wildman–Crippen MR) is 84.6 cm³/mol. The summed E-state index contributed by atoms with van der Waals surface area (Å²) in [5, 5.41) is 0. The van der Waals surface area contributed by atoms with Crippen LogP contribution in [0.25, 0.3) is 6.08 Å². The van der Waals surface area contributed by atoms with E-state index in [9.17, 15) is 4.79 Å². The van der Waals surface area contributed by atoms with Gasteiger partial charge in [-0.3, -0.25) is 4.79 Å². The highest BCUT2D eigenvalue weighted by atomic mass is 16.3. The normalized spacial score (nSPS) is 11.2. The van der Waals surface area contributed by atoms with Gasteiger partial charge >= 0.3 is 0 Å². The monoisotopic (exact) mass is 283 g/mol. The number of aryl methyl sites for hydroxylation is 1. The van der Waals surface area contributed by atoms with E-state index in [2.05, 4.69) is 0 Å². The van der Waals surface area contributed by atoms with Crippen LogP contribution < -0.4 is 0 Å². The minimum Gasteiger partial charge on any atom is -0.462 e. The molecule has 21 heavy (non-hydrogen) atoms. The standard InChI is InChI=1S/C18H21NO2/c1-14(2)19(13-16-7-5-4-6-8-16)18(20)12-11-17-10-9-15(3)21-17/h4-12,14H,13H2,1-3H3. The van der Waals surface area contributed by atoms with Crippen LogP contribution in [-0.2, 0) is 11.3 Å². The molecule has 0 fully saturated rings. The summed E-state index contributed by atoms with van der Waals surface area (Å²) in [4.78, 5) is 14.2. The van der Waals surface area contributed by atoms with Gasteiger partial charge in [0.1, 0.15) is 11.5 Å². The lowest BCUT2D eigenvalue weighted by Gasteiger charge is -2.25. The van der Waals surface area contributed by atoms with Gasteiger partial charge in [-0.1, -0.05) is 30.3 Å². The first-order chi connectivity index (χ1) is 10.1. The lowest BCUT2D eigenvalue weighted by atomic mass is 10.2. The van der Waals surface area contributed by atoms with Crippen molar-refractivity contribution in [2.24, 2.45) is 0 Å². The van der Waals surface area contributed by atoms with Crippen molar-refractivity contribution in [3.05, 3.63) is 65.6 Å². The number of furan rings is 1. The van der Waals surface area contributed by atoms with E-state index in [0.29, 0.717) is 12.3 Å². The molecule has 1 amide bonds. The Hall–Kier alpha value is -2.29. The van der Waals surface area contributed by atoms with Gasteiger partial charge in [0, 0.05) is 18.7 Å². The molecule has 0 saturated heterocycles. The SMILES string of the molecule is Cc1ccc(C=CC(=O)N(Cc2ccccc2)C(C)C)o1. The number of amides is 1. The van der Waals surface area contributed by atoms with Crippen LogP contribution >= 0.6 is 0 Å². The van der Waals surface area contributed by atoms with Crippen LogP contribution in [0.15, 0.2) is 53.0 Å². The first kappa shape index (κ1) is 15.1. The van der Waals surface area contributed by atoms with Crippen molar-refractivity contribution in [2.45, 2.75) is 33.4 Å². The van der Waals surface area contributed by atoms with Crippen molar-refractivity contribution < 1.29 is 9.21 Å². The van der Waals surface area contributed by atoms with E-state index in [1.165, 1.54) is 0 Å². The first-order valence-corrected chi connectivity index (χ1v) is 7.15. The van der Waals surface area contributed by atoms with E-state index < -0.39 is 0 Å². The van der Waals surface area contributed by atoms with Crippen molar-refractivity contribution in [1.82, 2.24) is 4.90 Å². The zero-order chi connectivity index (χ0) is 15.2. The van der Waals surface area contributed by atoms with E-state index in [0.717, 1.165) is 11.3 Å². The predicted octanol–water partition coefficient (Wildman–Crippen LogP) is 4.04. The van der Waals surface area contributed by atoms with Gasteiger partial charge in [0.15, 0.2) is 0 Å². The largest absolute Gasteiger partial charge is 0.462 e. The number of benzene rings is 1. The third-order valence-electron chi connectivity index (χ3n) is 3.25. The Morgan fingerprint density at radius 2 is 1.90 bits per heavy atom. The Morgan fingerprint density at radius 1 is 1.19 bits per heavy atom. The second-order valence-corrected chi connectivity index (χ2v) is 5.33. The smallest absolute Gasteiger partial charge is 0.247 e. The number of carbonyl (C=O) groups excluding carboxylic acids is 1. The van der Waals surface area contributed by atoms with Gasteiger partial charge in [0.2, 0.25) is 5.91 Å². The van der Waals surface area contributed by atoms with Gasteiger partial charge in [-0.15, -0.1) is 0 Å². The number of nitrogens with zero attached hydrogens (tertiary/aromatic N) is 1. The van der Waals surface area contributed by atoms with Crippen LogP contribution in [0.1, 0.15) is 30.9 Å². The topological polar surface area (TPSA) is 33.5 Å². The maximum absolute atomic E-state index is 12.4. The molecule has 2 aromatic rings. The summed E-state index contributed by atoms with van der Waals surface area (Å²) in [6.45, 7) is 6.53. The summed E-state index contributed by atoms with van der Waals surface area (Å²) in [6, 6.07) is 13.9. The van der Waals surface area contributed by atoms with E-state index in [4.69, 9.17) is 4.42 Å². The molecule has 3 heteroatoms. The van der Waals surface area contributed by atoms with Gasteiger partial charge in [-0.2, -0.15) is 0 Å². The molecule has 0 saturated carbocycles. The minimum atomic E-state index is -0.0112. The molecule has 0 aliphatic carbocycles. The van der Waals surface area contributed by atoms with E-state index >= 15 is 0 Å². The van der Waals surface area contributed by atoms with Crippen LogP contribution in [-0.4, -0.2) is 16.8 Å². The molecule has 0 N–H and O–H groups in total. The summed E-state index contributed by atoms with van der Waals surface area (Å²) in [7, 11) is 0. The van der Waals surface area contributed by atoms with Crippen molar-refractivity contribution in [1.29, 1.82) is 0 Å². The minimum absolute atomic E-state index is 0.0112. The molecule has 3 nitrogen and oxygen atoms in total. The Balaban J connectivity index is 2.07. The Morgan fingerprint density at radius 3 is 2.48 bits per heavy atom. The average Bonchev–Trinajstić information content (AvgIpc) is 2.89. The zero-order valence-corrected chi connectivity index (χ0v) is 12.7. The Bertz CT molecular complexity index is 611. The fourth-order valence-corrected chi connectivity index (χ4v) is 2.09. The molecule has 0 radical (unpaired) electrons. The second kappa shape index (κ2) is 6.93. The Labute approximate surface area is 125 Å². The number of carbonyl (C=O) groups is 1. The van der Waals surface area contributed by atoms with E-state index in [1.54, 1.807) is 12.2 Å². The number of hydrogen-bond donors (Lipinski definition) is 0. The molecule has 0 aliphatic rings. The summed E-state index contributed by atoms with van der Waals surface area (Å²) >= 11 is 0. The highest BCUT2D eigenvalue weighted by Gasteiger charge is 2.14. The van der Waals surface area contributed by atoms with Crippen LogP contribution in [0.4, 0.5) is 0 Å². The van der Waals surface area contributed by atoms with E-state index in [1.807, 2.05) is 68.1 Å². The van der Waals surface area contributed by atoms with Gasteiger partial charge in [-0.25, -0.2) is 0 Å². The molecule has 2 rings (SSSR count). The summed E-state index contributed by atoms with van der Waals surface area (Å²) < 4.78 is 5.43. The molecule has 0 unspecified atom stereocenters. The van der Waals surface area contributed by atoms with Crippen molar-refractivity contribution in [3.8, 4) is 0 Å². The summed E-state index contributed by atoms with van der Waals surface area (Å²) in [6.07, 6.45) is 3.29. The van der Waals surface area contributed by atoms with Crippen LogP contribution in [0.3, 0.4) is 0 Å². The van der Waals surface area contributed by atoms with E-state index in [-0.39, 0.29) is 11.9 Å². The third kappa shape index (κ3) is 4.35. The number of hydrogen-bond acceptors (Lipinski definition) is 2. The van der Waals surface area contributed by atoms with Gasteiger partial charge in [0.25, 0.3) is 0 Å². The van der Waals surface area contributed by atoms with Gasteiger partial charge < -0.3 is 9.32 Å². The quantitative estimate of drug-likeness (QED) is 0.776. The maximum atomic E-state index is 12.4. The molecular weight excluding hydrogens is 262 g/mol. The highest BCUT2D eigenvalue weighted by Crippen LogP contribution is 2.11. The lowest BCUT2D eigenvalue weighted by molar-refractivity contribution is -0.128. The summed E-state index contributed by atoms with van der Waals surface area (Å²) in [5.74, 6) is 1.53. The molecule has 0 spiro atoms. The van der Waals surface area contributed by atoms with Crippen molar-refractivity contribution >= 4 is 12.0 Å². The second-order valence-electron chi connectivity index (χ2n) is 5.33. The van der Waals surface area contributed by atoms with Crippen molar-refractivity contribution in [2.75, 3.05) is 0 Å². The van der Waals surface area contributed by atoms with Crippen LogP contribution in [0, 0.1) is 6.92 Å². The van der Waals surface area contributed by atoms with Gasteiger partial charge in [0.05, 0.1) is 0 Å². The molecule has 1 aromatic carbocycles. The molecule has 0 aliphatic heterocycles. The fraction of sp³-hybridized carbons (Fsp3) is 0.278. The average molecular weight is 283 g/mol. The van der Waals surface area contributed by atoms with Crippen LogP contribution in [0.2, 0.25) is 0 Å². The van der Waals surface area contributed by atoms with Crippen LogP contribution in [0.5, 0.6) is 0 Å². The number of rotatable bonds is 5. The molecule has 1 heterocycles. The van der Waals surface area contributed by atoms with Crippen molar-refractivity contribution in [3.63, 3.8) is 0 Å². The molecule has 0 atom stereocenters. The molecule has 1 aromatic heterocycles. The Kier molecular flexibility index (Phi) is 4.99. The summed E-state index contributed by atoms with van der Waals surface area (Å²) in [5.41, 5.74) is 1.13. The zero-order valence-electron chi connectivity index (χ0n) is 12.7. The fourth-order valence-electron chi connectivity index (χ4n) is 2.09. The highest BCUT2D eigenvalue weighted by molar-refractivity contribution is 5.91. The first-order valence-electron chi connectivity index (χ1n) is 7.15. The lowest BCUT2D eigenvalue weighted by Crippen LogP contribution is -2.35. The molecular formula is C18H21NO2. The molecule has 0 bridgehead atoms.